The first-order valence-corrected chi connectivity index (χ1v) is 21.8. The molecule has 1 aromatic heterocycles. The molecule has 15 heteroatoms. The van der Waals surface area contributed by atoms with Crippen LogP contribution < -0.4 is 25.2 Å². The molecule has 3 unspecified atom stereocenters. The predicted octanol–water partition coefficient (Wildman–Crippen LogP) is 5.19. The Balaban J connectivity index is 0.757. The van der Waals surface area contributed by atoms with Gasteiger partial charge in [-0.2, -0.15) is 5.26 Å². The van der Waals surface area contributed by atoms with Crippen molar-refractivity contribution in [3.8, 4) is 11.8 Å². The number of piperidine rings is 2. The quantitative estimate of drug-likeness (QED) is 0.272. The van der Waals surface area contributed by atoms with E-state index in [-0.39, 0.29) is 41.7 Å². The summed E-state index contributed by atoms with van der Waals surface area (Å²) < 4.78 is 6.38. The van der Waals surface area contributed by atoms with Crippen molar-refractivity contribution in [2.45, 2.75) is 96.5 Å². The van der Waals surface area contributed by atoms with E-state index in [4.69, 9.17) is 21.3 Å². The fourth-order valence-electron chi connectivity index (χ4n) is 11.4. The van der Waals surface area contributed by atoms with Gasteiger partial charge >= 0.3 is 0 Å². The number of rotatable bonds is 9. The highest BCUT2D eigenvalue weighted by Crippen LogP contribution is 2.55. The summed E-state index contributed by atoms with van der Waals surface area (Å²) in [5.74, 6) is -0.105. The van der Waals surface area contributed by atoms with Crippen LogP contribution >= 0.6 is 11.6 Å². The summed E-state index contributed by atoms with van der Waals surface area (Å²) in [6.07, 6.45) is 5.92. The number of carbonyl (C=O) groups excluding carboxylic acids is 5. The summed E-state index contributed by atoms with van der Waals surface area (Å²) in [6, 6.07) is 15.9. The maximum absolute atomic E-state index is 13.5. The molecular formula is C46H51ClN8O6. The van der Waals surface area contributed by atoms with Crippen LogP contribution in [0.3, 0.4) is 0 Å². The lowest BCUT2D eigenvalue weighted by Crippen LogP contribution is -2.74. The smallest absolute Gasteiger partial charge is 0.262 e. The highest BCUT2D eigenvalue weighted by molar-refractivity contribution is 6.31. The highest BCUT2D eigenvalue weighted by atomic mass is 35.5. The number of piperazine rings is 1. The standard InChI is InChI=1S/C46H51ClN8O6/c1-45(2)43(46(3,4)44(45)61-32-10-5-27(21-48)35(47)20-32)51-39(57)28-6-13-37(49-22-28)53-17-15-26(16-18-53)23-52-24-30-7-8-31(25-52)54(30)29-9-11-33-34(19-29)42(60)55(41(33)59)36-12-14-38(56)50-40(36)58/h5-6,9-11,13,19-20,22,26,30-31,36,43-44H,7-8,12,14-18,23-25H2,1-4H3,(H,51,57)(H,50,56,58). The molecule has 1 saturated carbocycles. The molecule has 318 valence electrons. The second-order valence-corrected chi connectivity index (χ2v) is 19.2. The molecule has 4 saturated heterocycles. The predicted molar refractivity (Wildman–Crippen MR) is 227 cm³/mol. The van der Waals surface area contributed by atoms with E-state index in [1.165, 1.54) is 0 Å². The molecule has 5 aliphatic heterocycles. The number of ether oxygens (including phenoxy) is 1. The monoisotopic (exact) mass is 846 g/mol. The number of hydrogen-bond acceptors (Lipinski definition) is 11. The Morgan fingerprint density at radius 2 is 1.62 bits per heavy atom. The van der Waals surface area contributed by atoms with Crippen molar-refractivity contribution in [2.24, 2.45) is 16.7 Å². The Morgan fingerprint density at radius 3 is 2.26 bits per heavy atom. The third-order valence-corrected chi connectivity index (χ3v) is 14.5. The van der Waals surface area contributed by atoms with Crippen LogP contribution in [0.1, 0.15) is 103 Å². The molecule has 6 heterocycles. The zero-order chi connectivity index (χ0) is 43.0. The number of benzene rings is 2. The van der Waals surface area contributed by atoms with Crippen molar-refractivity contribution in [2.75, 3.05) is 42.5 Å². The number of hydrogen-bond donors (Lipinski definition) is 2. The molecule has 14 nitrogen and oxygen atoms in total. The Labute approximate surface area is 360 Å². The fraction of sp³-hybridized carbons (Fsp3) is 0.500. The lowest BCUT2D eigenvalue weighted by molar-refractivity contribution is -0.164. The van der Waals surface area contributed by atoms with E-state index in [0.29, 0.717) is 51.0 Å². The van der Waals surface area contributed by atoms with E-state index in [1.54, 1.807) is 30.5 Å². The molecule has 3 atom stereocenters. The Hall–Kier alpha value is -5.52. The maximum atomic E-state index is 13.5. The molecule has 61 heavy (non-hydrogen) atoms. The average Bonchev–Trinajstić information content (AvgIpc) is 3.65. The molecule has 0 spiro atoms. The van der Waals surface area contributed by atoms with Crippen molar-refractivity contribution < 1.29 is 28.7 Å². The number of aromatic nitrogens is 1. The van der Waals surface area contributed by atoms with Gasteiger partial charge in [-0.1, -0.05) is 39.3 Å². The van der Waals surface area contributed by atoms with E-state index in [9.17, 15) is 29.2 Å². The molecule has 6 aliphatic rings. The van der Waals surface area contributed by atoms with Gasteiger partial charge in [0.1, 0.15) is 29.8 Å². The molecule has 5 amide bonds. The van der Waals surface area contributed by atoms with Gasteiger partial charge in [0.2, 0.25) is 11.8 Å². The lowest BCUT2D eigenvalue weighted by atomic mass is 9.49. The van der Waals surface area contributed by atoms with Crippen LogP contribution in [0.5, 0.6) is 5.75 Å². The van der Waals surface area contributed by atoms with Crippen LogP contribution in [0.4, 0.5) is 11.5 Å². The number of likely N-dealkylation sites (tertiary alicyclic amines) is 1. The summed E-state index contributed by atoms with van der Waals surface area (Å²) in [4.78, 5) is 77.6. The van der Waals surface area contributed by atoms with E-state index in [0.717, 1.165) is 74.8 Å². The zero-order valence-electron chi connectivity index (χ0n) is 34.9. The minimum Gasteiger partial charge on any atom is -0.489 e. The number of fused-ring (bicyclic) bond motifs is 3. The van der Waals surface area contributed by atoms with E-state index in [2.05, 4.69) is 59.1 Å². The summed E-state index contributed by atoms with van der Waals surface area (Å²) in [7, 11) is 0. The number of anilines is 2. The number of imide groups is 2. The minimum atomic E-state index is -0.977. The van der Waals surface area contributed by atoms with Gasteiger partial charge in [0.25, 0.3) is 17.7 Å². The number of nitrogens with zero attached hydrogens (tertiary/aromatic N) is 6. The maximum Gasteiger partial charge on any atom is 0.262 e. The Kier molecular flexibility index (Phi) is 10.3. The van der Waals surface area contributed by atoms with Gasteiger partial charge in [0.15, 0.2) is 0 Å². The van der Waals surface area contributed by atoms with Crippen LogP contribution in [0.25, 0.3) is 0 Å². The van der Waals surface area contributed by atoms with Crippen molar-refractivity contribution in [1.82, 2.24) is 25.4 Å². The first kappa shape index (κ1) is 40.9. The second kappa shape index (κ2) is 15.4. The van der Waals surface area contributed by atoms with Crippen molar-refractivity contribution in [3.63, 3.8) is 0 Å². The van der Waals surface area contributed by atoms with Gasteiger partial charge in [0.05, 0.1) is 27.3 Å². The molecule has 1 aliphatic carbocycles. The number of nitriles is 1. The van der Waals surface area contributed by atoms with Gasteiger partial charge in [-0.3, -0.25) is 39.1 Å². The van der Waals surface area contributed by atoms with Crippen LogP contribution in [0.2, 0.25) is 5.02 Å². The highest BCUT2D eigenvalue weighted by Gasteiger charge is 2.64. The summed E-state index contributed by atoms with van der Waals surface area (Å²) in [5.41, 5.74) is 1.72. The van der Waals surface area contributed by atoms with Crippen LogP contribution in [0.15, 0.2) is 54.7 Å². The van der Waals surface area contributed by atoms with Gasteiger partial charge < -0.3 is 19.9 Å². The third-order valence-electron chi connectivity index (χ3n) is 14.2. The lowest BCUT2D eigenvalue weighted by Gasteiger charge is -2.63. The zero-order valence-corrected chi connectivity index (χ0v) is 35.7. The van der Waals surface area contributed by atoms with Crippen LogP contribution in [-0.4, -0.2) is 107 Å². The Morgan fingerprint density at radius 1 is 0.918 bits per heavy atom. The number of carbonyl (C=O) groups is 5. The average molecular weight is 847 g/mol. The van der Waals surface area contributed by atoms with E-state index < -0.39 is 29.7 Å². The van der Waals surface area contributed by atoms with Gasteiger partial charge in [0, 0.05) is 86.1 Å². The molecule has 5 fully saturated rings. The summed E-state index contributed by atoms with van der Waals surface area (Å²) in [6.45, 7) is 13.0. The number of nitrogens with one attached hydrogen (secondary N) is 2. The first-order valence-electron chi connectivity index (χ1n) is 21.4. The molecule has 2 aromatic carbocycles. The topological polar surface area (TPSA) is 168 Å². The molecule has 9 rings (SSSR count). The normalized spacial score (nSPS) is 27.0. The van der Waals surface area contributed by atoms with Crippen molar-refractivity contribution in [3.05, 3.63) is 82.0 Å². The minimum absolute atomic E-state index is 0.0907. The fourth-order valence-corrected chi connectivity index (χ4v) is 11.6. The third kappa shape index (κ3) is 7.19. The van der Waals surface area contributed by atoms with Crippen molar-refractivity contribution >= 4 is 52.6 Å². The summed E-state index contributed by atoms with van der Waals surface area (Å²) >= 11 is 6.26. The SMILES string of the molecule is CC1(C)C(NC(=O)c2ccc(N3CCC(CN4CC5CCC(C4)N5c4ccc5c(c4)C(=O)N(C4CCC(=O)NC4=O)C5=O)CC3)nc2)C(C)(C)C1Oc1ccc(C#N)c(Cl)c1. The number of amides is 5. The van der Waals surface area contributed by atoms with Gasteiger partial charge in [-0.25, -0.2) is 4.98 Å². The van der Waals surface area contributed by atoms with E-state index >= 15 is 0 Å². The first-order chi connectivity index (χ1) is 29.1. The molecule has 0 radical (unpaired) electrons. The molecular weight excluding hydrogens is 796 g/mol. The van der Waals surface area contributed by atoms with E-state index in [1.807, 2.05) is 24.3 Å². The van der Waals surface area contributed by atoms with Gasteiger partial charge in [-0.15, -0.1) is 0 Å². The molecule has 3 aromatic rings. The van der Waals surface area contributed by atoms with Crippen LogP contribution in [0, 0.1) is 28.1 Å². The Bertz CT molecular complexity index is 2320. The number of halogens is 1. The second-order valence-electron chi connectivity index (χ2n) is 18.8. The van der Waals surface area contributed by atoms with Gasteiger partial charge in [-0.05, 0) is 80.5 Å². The molecule has 2 N–H and O–H groups in total. The number of pyridine rings is 1. The summed E-state index contributed by atoms with van der Waals surface area (Å²) in [5, 5.41) is 15.1. The molecule has 2 bridgehead atoms. The largest absolute Gasteiger partial charge is 0.489 e. The van der Waals surface area contributed by atoms with Crippen LogP contribution in [-0.2, 0) is 9.59 Å². The van der Waals surface area contributed by atoms with Crippen molar-refractivity contribution in [1.29, 1.82) is 5.26 Å².